The first-order valence-corrected chi connectivity index (χ1v) is 9.79. The maximum Gasteiger partial charge on any atom is 0.191 e. The summed E-state index contributed by atoms with van der Waals surface area (Å²) >= 11 is 0. The van der Waals surface area contributed by atoms with Gasteiger partial charge in [-0.1, -0.05) is 19.1 Å². The molecule has 1 fully saturated rings. The van der Waals surface area contributed by atoms with Crippen LogP contribution in [-0.2, 0) is 6.42 Å². The van der Waals surface area contributed by atoms with Crippen molar-refractivity contribution < 1.29 is 0 Å². The third kappa shape index (κ3) is 4.55. The molecule has 0 saturated carbocycles. The number of hydrogen-bond acceptors (Lipinski definition) is 3. The number of nitrogens with zero attached hydrogens (tertiary/aromatic N) is 3. The molecule has 142 valence electrons. The number of likely N-dealkylation sites (tertiary alicyclic amines) is 1. The van der Waals surface area contributed by atoms with E-state index < -0.39 is 0 Å². The van der Waals surface area contributed by atoms with E-state index in [2.05, 4.69) is 59.3 Å². The lowest BCUT2D eigenvalue weighted by atomic mass is 10.1. The van der Waals surface area contributed by atoms with Crippen molar-refractivity contribution in [2.75, 3.05) is 26.2 Å². The maximum atomic E-state index is 4.76. The van der Waals surface area contributed by atoms with E-state index in [9.17, 15) is 0 Å². The topological polar surface area (TPSA) is 68.3 Å². The first-order chi connectivity index (χ1) is 12.6. The van der Waals surface area contributed by atoms with E-state index >= 15 is 0 Å². The lowest BCUT2D eigenvalue weighted by Crippen LogP contribution is -2.47. The highest BCUT2D eigenvalue weighted by atomic mass is 15.3. The minimum atomic E-state index is 0.446. The number of aliphatic imine (C=N–C) groups is 1. The Hall–Kier alpha value is -2.08. The van der Waals surface area contributed by atoms with Gasteiger partial charge in [-0.15, -0.1) is 0 Å². The van der Waals surface area contributed by atoms with Gasteiger partial charge >= 0.3 is 0 Å². The van der Waals surface area contributed by atoms with Crippen molar-refractivity contribution in [3.63, 3.8) is 0 Å². The van der Waals surface area contributed by atoms with Crippen LogP contribution in [0.1, 0.15) is 33.5 Å². The molecule has 2 aromatic rings. The van der Waals surface area contributed by atoms with E-state index in [4.69, 9.17) is 4.99 Å². The van der Waals surface area contributed by atoms with E-state index in [1.54, 1.807) is 0 Å². The molecule has 0 spiro atoms. The van der Waals surface area contributed by atoms with Crippen LogP contribution in [0.3, 0.4) is 0 Å². The molecule has 1 aromatic heterocycles. The molecule has 26 heavy (non-hydrogen) atoms. The number of fused-ring (bicyclic) bond motifs is 1. The number of nitrogens with one attached hydrogen (secondary N) is 3. The number of imidazole rings is 1. The summed E-state index contributed by atoms with van der Waals surface area (Å²) < 4.78 is 0. The van der Waals surface area contributed by atoms with Gasteiger partial charge in [0, 0.05) is 44.7 Å². The van der Waals surface area contributed by atoms with Gasteiger partial charge in [0.25, 0.3) is 0 Å². The minimum absolute atomic E-state index is 0.446. The molecule has 3 rings (SSSR count). The molecule has 1 aliphatic rings. The second-order valence-electron chi connectivity index (χ2n) is 7.49. The summed E-state index contributed by atoms with van der Waals surface area (Å²) in [5, 5.41) is 7.01. The second kappa shape index (κ2) is 8.54. The van der Waals surface area contributed by atoms with Crippen LogP contribution >= 0.6 is 0 Å². The van der Waals surface area contributed by atoms with Gasteiger partial charge in [-0.05, 0) is 38.8 Å². The monoisotopic (exact) mass is 356 g/mol. The van der Waals surface area contributed by atoms with E-state index in [1.807, 2.05) is 18.2 Å². The lowest BCUT2D eigenvalue weighted by molar-refractivity contribution is 0.265. The summed E-state index contributed by atoms with van der Waals surface area (Å²) in [6.07, 6.45) is 0.809. The Morgan fingerprint density at radius 1 is 1.35 bits per heavy atom. The van der Waals surface area contributed by atoms with Gasteiger partial charge in [0.05, 0.1) is 11.0 Å². The third-order valence-electron chi connectivity index (χ3n) is 5.09. The standard InChI is InChI=1S/C20H32N6/c1-5-21-20(25-18-13-26(14(2)3)12-15(18)4)22-11-10-19-23-16-8-6-7-9-17(16)24-19/h6-9,14-15,18H,5,10-13H2,1-4H3,(H,23,24)(H2,21,22,25). The Balaban J connectivity index is 1.58. The number of guanidine groups is 1. The normalized spacial score (nSPS) is 21.7. The van der Waals surface area contributed by atoms with Crippen LogP contribution in [0.4, 0.5) is 0 Å². The molecule has 0 amide bonds. The van der Waals surface area contributed by atoms with Crippen molar-refractivity contribution in [1.82, 2.24) is 25.5 Å². The number of aromatic nitrogens is 2. The van der Waals surface area contributed by atoms with Gasteiger partial charge in [0.15, 0.2) is 5.96 Å². The first kappa shape index (κ1) is 18.7. The van der Waals surface area contributed by atoms with Crippen LogP contribution < -0.4 is 10.6 Å². The highest BCUT2D eigenvalue weighted by molar-refractivity contribution is 5.80. The average Bonchev–Trinajstić information content (AvgIpc) is 3.18. The molecule has 1 aromatic carbocycles. The molecular weight excluding hydrogens is 324 g/mol. The molecule has 6 heteroatoms. The van der Waals surface area contributed by atoms with Gasteiger partial charge in [-0.25, -0.2) is 4.98 Å². The highest BCUT2D eigenvalue weighted by Crippen LogP contribution is 2.18. The number of benzene rings is 1. The average molecular weight is 357 g/mol. The Morgan fingerprint density at radius 2 is 2.15 bits per heavy atom. The van der Waals surface area contributed by atoms with Crippen LogP contribution in [0.15, 0.2) is 29.3 Å². The Labute approximate surface area is 156 Å². The smallest absolute Gasteiger partial charge is 0.191 e. The zero-order valence-corrected chi connectivity index (χ0v) is 16.4. The van der Waals surface area contributed by atoms with E-state index in [0.29, 0.717) is 24.5 Å². The first-order valence-electron chi connectivity index (χ1n) is 9.79. The van der Waals surface area contributed by atoms with Crippen molar-refractivity contribution in [2.24, 2.45) is 10.9 Å². The van der Waals surface area contributed by atoms with Crippen LogP contribution in [0.25, 0.3) is 11.0 Å². The maximum absolute atomic E-state index is 4.76. The minimum Gasteiger partial charge on any atom is -0.357 e. The summed E-state index contributed by atoms with van der Waals surface area (Å²) in [5.74, 6) is 2.52. The van der Waals surface area contributed by atoms with E-state index in [-0.39, 0.29) is 0 Å². The summed E-state index contributed by atoms with van der Waals surface area (Å²) in [6, 6.07) is 9.17. The molecule has 2 unspecified atom stereocenters. The number of aromatic amines is 1. The molecular formula is C20H32N6. The number of rotatable bonds is 6. The van der Waals surface area contributed by atoms with Crippen molar-refractivity contribution in [3.8, 4) is 0 Å². The van der Waals surface area contributed by atoms with Crippen molar-refractivity contribution >= 4 is 17.0 Å². The van der Waals surface area contributed by atoms with Gasteiger partial charge in [0.1, 0.15) is 5.82 Å². The van der Waals surface area contributed by atoms with E-state index in [0.717, 1.165) is 48.9 Å². The van der Waals surface area contributed by atoms with Crippen LogP contribution in [0, 0.1) is 5.92 Å². The quantitative estimate of drug-likeness (QED) is 0.549. The van der Waals surface area contributed by atoms with Crippen LogP contribution in [0.2, 0.25) is 0 Å². The Kier molecular flexibility index (Phi) is 6.14. The Morgan fingerprint density at radius 3 is 2.85 bits per heavy atom. The second-order valence-corrected chi connectivity index (χ2v) is 7.49. The molecule has 0 radical (unpaired) electrons. The van der Waals surface area contributed by atoms with Crippen LogP contribution in [-0.4, -0.2) is 59.1 Å². The molecule has 6 nitrogen and oxygen atoms in total. The largest absolute Gasteiger partial charge is 0.357 e. The van der Waals surface area contributed by atoms with Gasteiger partial charge in [0.2, 0.25) is 0 Å². The number of hydrogen-bond donors (Lipinski definition) is 3. The molecule has 2 atom stereocenters. The number of H-pyrrole nitrogens is 1. The fourth-order valence-electron chi connectivity index (χ4n) is 3.51. The third-order valence-corrected chi connectivity index (χ3v) is 5.09. The zero-order valence-electron chi connectivity index (χ0n) is 16.4. The van der Waals surface area contributed by atoms with E-state index in [1.165, 1.54) is 0 Å². The fourth-order valence-corrected chi connectivity index (χ4v) is 3.51. The summed E-state index contributed by atoms with van der Waals surface area (Å²) in [6.45, 7) is 12.8. The van der Waals surface area contributed by atoms with Crippen molar-refractivity contribution in [1.29, 1.82) is 0 Å². The summed E-state index contributed by atoms with van der Waals surface area (Å²) in [5.41, 5.74) is 2.11. The predicted molar refractivity (Wildman–Crippen MR) is 109 cm³/mol. The van der Waals surface area contributed by atoms with Gasteiger partial charge in [-0.2, -0.15) is 0 Å². The number of para-hydroxylation sites is 2. The summed E-state index contributed by atoms with van der Waals surface area (Å²) in [4.78, 5) is 15.3. The van der Waals surface area contributed by atoms with Crippen LogP contribution in [0.5, 0.6) is 0 Å². The lowest BCUT2D eigenvalue weighted by Gasteiger charge is -2.21. The molecule has 2 heterocycles. The van der Waals surface area contributed by atoms with Crippen molar-refractivity contribution in [3.05, 3.63) is 30.1 Å². The Bertz CT molecular complexity index is 702. The SMILES string of the molecule is CCNC(=NCCc1nc2ccccc2[nH]1)NC1CN(C(C)C)CC1C. The molecule has 3 N–H and O–H groups in total. The van der Waals surface area contributed by atoms with Crippen molar-refractivity contribution in [2.45, 2.75) is 46.2 Å². The molecule has 1 aliphatic heterocycles. The fraction of sp³-hybridized carbons (Fsp3) is 0.600. The van der Waals surface area contributed by atoms with Gasteiger partial charge < -0.3 is 15.6 Å². The zero-order chi connectivity index (χ0) is 18.5. The molecule has 0 aliphatic carbocycles. The predicted octanol–water partition coefficient (Wildman–Crippen LogP) is 2.39. The molecule has 1 saturated heterocycles. The highest BCUT2D eigenvalue weighted by Gasteiger charge is 2.31. The summed E-state index contributed by atoms with van der Waals surface area (Å²) in [7, 11) is 0. The molecule has 0 bridgehead atoms. The van der Waals surface area contributed by atoms with Gasteiger partial charge in [-0.3, -0.25) is 9.89 Å².